The van der Waals surface area contributed by atoms with Gasteiger partial charge in [-0.05, 0) is 43.9 Å². The number of rotatable bonds is 2. The van der Waals surface area contributed by atoms with Gasteiger partial charge < -0.3 is 4.42 Å². The van der Waals surface area contributed by atoms with E-state index < -0.39 is 0 Å². The molecule has 1 nitrogen and oxygen atoms in total. The molecule has 0 amide bonds. The number of aryl methyl sites for hydroxylation is 1. The lowest BCUT2D eigenvalue weighted by Crippen LogP contribution is -1.93. The van der Waals surface area contributed by atoms with Crippen molar-refractivity contribution in [1.82, 2.24) is 0 Å². The van der Waals surface area contributed by atoms with Gasteiger partial charge >= 0.3 is 0 Å². The molecule has 0 atom stereocenters. The summed E-state index contributed by atoms with van der Waals surface area (Å²) in [4.78, 5) is 0. The third kappa shape index (κ3) is 2.03. The fraction of sp³-hybridized carbons (Fsp3) is 0.500. The molecule has 0 bridgehead atoms. The largest absolute Gasteiger partial charge is 0.464 e. The minimum atomic E-state index is 0.587. The first kappa shape index (κ1) is 10.1. The van der Waals surface area contributed by atoms with Gasteiger partial charge in [-0.2, -0.15) is 0 Å². The summed E-state index contributed by atoms with van der Waals surface area (Å²) >= 11 is 0. The predicted octanol–water partition coefficient (Wildman–Crippen LogP) is 4.04. The highest BCUT2D eigenvalue weighted by Gasteiger charge is 2.08. The van der Waals surface area contributed by atoms with E-state index in [1.165, 1.54) is 16.7 Å². The van der Waals surface area contributed by atoms with Gasteiger partial charge in [0.05, 0.1) is 6.26 Å². The van der Waals surface area contributed by atoms with E-state index in [0.29, 0.717) is 5.92 Å². The Morgan fingerprint density at radius 3 is 2.31 bits per heavy atom. The van der Waals surface area contributed by atoms with Crippen molar-refractivity contribution < 1.29 is 4.42 Å². The van der Waals surface area contributed by atoms with Crippen molar-refractivity contribution in [2.24, 2.45) is 5.92 Å². The maximum atomic E-state index is 5.44. The average molecular weight is 178 g/mol. The average Bonchev–Trinajstić information content (AvgIpc) is 2.48. The van der Waals surface area contributed by atoms with Crippen molar-refractivity contribution in [3.8, 4) is 0 Å². The zero-order chi connectivity index (χ0) is 10.0. The minimum Gasteiger partial charge on any atom is -0.464 e. The standard InChI is InChI=1S/C12H18O/c1-8(2)10(4)11(5)12-9(3)6-7-13-12/h6-8H,1-5H3/b11-10+. The molecule has 0 aliphatic rings. The van der Waals surface area contributed by atoms with Gasteiger partial charge in [-0.25, -0.2) is 0 Å². The lowest BCUT2D eigenvalue weighted by atomic mass is 9.97. The second-order valence-corrected chi connectivity index (χ2v) is 3.90. The lowest BCUT2D eigenvalue weighted by Gasteiger charge is -2.09. The first-order valence-corrected chi connectivity index (χ1v) is 4.76. The molecule has 1 aromatic heterocycles. The van der Waals surface area contributed by atoms with Crippen LogP contribution in [0.4, 0.5) is 0 Å². The maximum Gasteiger partial charge on any atom is 0.132 e. The number of furan rings is 1. The summed E-state index contributed by atoms with van der Waals surface area (Å²) in [6, 6.07) is 2.01. The summed E-state index contributed by atoms with van der Waals surface area (Å²) in [5.41, 5.74) is 3.90. The highest BCUT2D eigenvalue weighted by Crippen LogP contribution is 2.25. The third-order valence-corrected chi connectivity index (χ3v) is 2.66. The maximum absolute atomic E-state index is 5.44. The summed E-state index contributed by atoms with van der Waals surface area (Å²) in [6.07, 6.45) is 1.75. The first-order valence-electron chi connectivity index (χ1n) is 4.76. The molecule has 1 heterocycles. The second-order valence-electron chi connectivity index (χ2n) is 3.90. The molecule has 0 fully saturated rings. The molecule has 0 spiro atoms. The van der Waals surface area contributed by atoms with Crippen LogP contribution in [0.25, 0.3) is 5.57 Å². The zero-order valence-corrected chi connectivity index (χ0v) is 9.14. The van der Waals surface area contributed by atoms with E-state index >= 15 is 0 Å². The molecule has 0 unspecified atom stereocenters. The number of hydrogen-bond donors (Lipinski definition) is 0. The predicted molar refractivity (Wildman–Crippen MR) is 56.6 cm³/mol. The van der Waals surface area contributed by atoms with Crippen molar-refractivity contribution in [1.29, 1.82) is 0 Å². The van der Waals surface area contributed by atoms with Crippen LogP contribution in [0.3, 0.4) is 0 Å². The molecule has 0 aliphatic heterocycles. The van der Waals surface area contributed by atoms with Crippen molar-refractivity contribution in [2.45, 2.75) is 34.6 Å². The van der Waals surface area contributed by atoms with Gasteiger partial charge in [0.1, 0.15) is 5.76 Å². The molecular formula is C12H18O. The van der Waals surface area contributed by atoms with Crippen LogP contribution < -0.4 is 0 Å². The highest BCUT2D eigenvalue weighted by atomic mass is 16.3. The van der Waals surface area contributed by atoms with E-state index in [0.717, 1.165) is 5.76 Å². The molecule has 1 aromatic rings. The lowest BCUT2D eigenvalue weighted by molar-refractivity contribution is 0.548. The molecule has 0 saturated heterocycles. The number of hydrogen-bond acceptors (Lipinski definition) is 1. The summed E-state index contributed by atoms with van der Waals surface area (Å²) in [6.45, 7) is 10.8. The Bertz CT molecular complexity index is 316. The Kier molecular flexibility index (Phi) is 2.97. The molecule has 72 valence electrons. The van der Waals surface area contributed by atoms with Crippen LogP contribution in [-0.4, -0.2) is 0 Å². The van der Waals surface area contributed by atoms with Crippen molar-refractivity contribution >= 4 is 5.57 Å². The van der Waals surface area contributed by atoms with Crippen LogP contribution in [0.1, 0.15) is 39.0 Å². The van der Waals surface area contributed by atoms with Gasteiger partial charge in [0.2, 0.25) is 0 Å². The van der Waals surface area contributed by atoms with Crippen molar-refractivity contribution in [3.05, 3.63) is 29.2 Å². The summed E-state index contributed by atoms with van der Waals surface area (Å²) in [5.74, 6) is 1.62. The van der Waals surface area contributed by atoms with Crippen LogP contribution in [0.2, 0.25) is 0 Å². The van der Waals surface area contributed by atoms with Crippen molar-refractivity contribution in [2.75, 3.05) is 0 Å². The first-order chi connectivity index (χ1) is 6.04. The smallest absolute Gasteiger partial charge is 0.132 e. The third-order valence-electron chi connectivity index (χ3n) is 2.66. The summed E-state index contributed by atoms with van der Waals surface area (Å²) in [5, 5.41) is 0. The molecular weight excluding hydrogens is 160 g/mol. The Morgan fingerprint density at radius 2 is 1.92 bits per heavy atom. The molecule has 0 radical (unpaired) electrons. The van der Waals surface area contributed by atoms with Gasteiger partial charge in [0.15, 0.2) is 0 Å². The topological polar surface area (TPSA) is 13.1 Å². The fourth-order valence-electron chi connectivity index (χ4n) is 1.37. The van der Waals surface area contributed by atoms with Crippen LogP contribution >= 0.6 is 0 Å². The minimum absolute atomic E-state index is 0.587. The quantitative estimate of drug-likeness (QED) is 0.666. The van der Waals surface area contributed by atoms with Crippen molar-refractivity contribution in [3.63, 3.8) is 0 Å². The molecule has 1 heteroatoms. The van der Waals surface area contributed by atoms with E-state index in [-0.39, 0.29) is 0 Å². The van der Waals surface area contributed by atoms with Crippen LogP contribution in [-0.2, 0) is 0 Å². The highest BCUT2D eigenvalue weighted by molar-refractivity contribution is 5.65. The molecule has 0 N–H and O–H groups in total. The monoisotopic (exact) mass is 178 g/mol. The van der Waals surface area contributed by atoms with E-state index in [1.54, 1.807) is 6.26 Å². The summed E-state index contributed by atoms with van der Waals surface area (Å²) in [7, 11) is 0. The van der Waals surface area contributed by atoms with E-state index in [9.17, 15) is 0 Å². The Balaban J connectivity index is 3.10. The number of allylic oxidation sites excluding steroid dienone is 2. The van der Waals surface area contributed by atoms with Gasteiger partial charge in [0, 0.05) is 0 Å². The van der Waals surface area contributed by atoms with E-state index in [1.807, 2.05) is 6.07 Å². The van der Waals surface area contributed by atoms with E-state index in [4.69, 9.17) is 4.42 Å². The second kappa shape index (κ2) is 3.82. The SMILES string of the molecule is C/C(=C(/C)C(C)C)c1occc1C. The molecule has 1 rings (SSSR count). The molecule has 13 heavy (non-hydrogen) atoms. The fourth-order valence-corrected chi connectivity index (χ4v) is 1.37. The van der Waals surface area contributed by atoms with Gasteiger partial charge in [-0.1, -0.05) is 19.4 Å². The van der Waals surface area contributed by atoms with Gasteiger partial charge in [-0.15, -0.1) is 0 Å². The van der Waals surface area contributed by atoms with Crippen LogP contribution in [0.5, 0.6) is 0 Å². The molecule has 0 aromatic carbocycles. The van der Waals surface area contributed by atoms with E-state index in [2.05, 4.69) is 34.6 Å². The Hall–Kier alpha value is -0.980. The molecule has 0 aliphatic carbocycles. The van der Waals surface area contributed by atoms with Gasteiger partial charge in [-0.3, -0.25) is 0 Å². The summed E-state index contributed by atoms with van der Waals surface area (Å²) < 4.78 is 5.44. The zero-order valence-electron chi connectivity index (χ0n) is 9.14. The van der Waals surface area contributed by atoms with Crippen LogP contribution in [0, 0.1) is 12.8 Å². The normalized spacial score (nSPS) is 13.4. The Morgan fingerprint density at radius 1 is 1.31 bits per heavy atom. The molecule has 0 saturated carbocycles. The van der Waals surface area contributed by atoms with Gasteiger partial charge in [0.25, 0.3) is 0 Å². The van der Waals surface area contributed by atoms with Crippen LogP contribution in [0.15, 0.2) is 22.3 Å². The Labute approximate surface area is 80.5 Å².